The summed E-state index contributed by atoms with van der Waals surface area (Å²) in [5.74, 6) is 9.06. The van der Waals surface area contributed by atoms with E-state index in [-0.39, 0.29) is 0 Å². The molecular formula is C48H75NO3S. The monoisotopic (exact) mass is 746 g/mol. The smallest absolute Gasteiger partial charge is 0.0766 e. The standard InChI is InChI=1S/C48H75NO3S/c1-4-22-40-31(13-1)33-17-9-20-38(45(33)51-40)49(39-21-10-18-34-32-14-2-5-23-41(32)52-46(34)39)29-12-7-11-28(27-29)30-16-8-19-35-36-25-26-43-44(48(36)53-47(30)35)37-15-3-6-24-42(37)50-43/h28-48H,1-27H2. The summed E-state index contributed by atoms with van der Waals surface area (Å²) in [4.78, 5) is 3.32. The Kier molecular flexibility index (Phi) is 9.61. The molecule has 12 rings (SSSR count). The molecule has 4 saturated heterocycles. The third-order valence-electron chi connectivity index (χ3n) is 19.8. The third kappa shape index (κ3) is 5.83. The van der Waals surface area contributed by atoms with Crippen molar-refractivity contribution >= 4 is 11.8 Å². The van der Waals surface area contributed by atoms with E-state index in [1.807, 2.05) is 0 Å². The molecule has 0 aromatic rings. The molecule has 5 heteroatoms. The molecule has 12 fully saturated rings. The van der Waals surface area contributed by atoms with E-state index < -0.39 is 0 Å². The fourth-order valence-electron chi connectivity index (χ4n) is 18.0. The first kappa shape index (κ1) is 35.2. The molecule has 0 aromatic carbocycles. The topological polar surface area (TPSA) is 30.9 Å². The summed E-state index contributed by atoms with van der Waals surface area (Å²) < 4.78 is 21.7. The quantitative estimate of drug-likeness (QED) is 0.286. The van der Waals surface area contributed by atoms with E-state index in [0.29, 0.717) is 48.7 Å². The van der Waals surface area contributed by atoms with Crippen LogP contribution < -0.4 is 0 Å². The molecule has 0 bridgehead atoms. The van der Waals surface area contributed by atoms with Gasteiger partial charge in [-0.15, -0.1) is 0 Å². The highest BCUT2D eigenvalue weighted by Crippen LogP contribution is 2.64. The average molecular weight is 746 g/mol. The zero-order chi connectivity index (χ0) is 34.6. The molecule has 0 spiro atoms. The van der Waals surface area contributed by atoms with Crippen molar-refractivity contribution in [2.24, 2.45) is 59.2 Å². The molecule has 0 amide bonds. The average Bonchev–Trinajstić information content (AvgIpc) is 3.98. The van der Waals surface area contributed by atoms with E-state index in [1.165, 1.54) is 167 Å². The summed E-state index contributed by atoms with van der Waals surface area (Å²) in [5, 5.41) is 1.86. The van der Waals surface area contributed by atoms with E-state index in [4.69, 9.17) is 14.2 Å². The van der Waals surface area contributed by atoms with Crippen molar-refractivity contribution in [1.29, 1.82) is 0 Å². The SMILES string of the molecule is C1CCC2C(C1)OC1C2CCCC1N(C1CCCC(C2CCCC3C4CCC5OC6CCCCC6C5C4SC23)C1)C1CCCC2C3CCCCC3OC21. The zero-order valence-electron chi connectivity index (χ0n) is 33.3. The van der Waals surface area contributed by atoms with Gasteiger partial charge in [0.15, 0.2) is 0 Å². The molecule has 21 atom stereocenters. The van der Waals surface area contributed by atoms with Gasteiger partial charge in [0.1, 0.15) is 0 Å². The second-order valence-corrected chi connectivity index (χ2v) is 23.2. The van der Waals surface area contributed by atoms with Gasteiger partial charge in [0.05, 0.1) is 36.6 Å². The highest BCUT2D eigenvalue weighted by atomic mass is 32.2. The lowest BCUT2D eigenvalue weighted by molar-refractivity contribution is -0.120. The van der Waals surface area contributed by atoms with E-state index in [9.17, 15) is 0 Å². The minimum Gasteiger partial charge on any atom is -0.374 e. The predicted octanol–water partition coefficient (Wildman–Crippen LogP) is 11.0. The van der Waals surface area contributed by atoms with Crippen molar-refractivity contribution in [1.82, 2.24) is 4.90 Å². The summed E-state index contributed by atoms with van der Waals surface area (Å²) in [6.07, 6.45) is 42.3. The van der Waals surface area contributed by atoms with Gasteiger partial charge in [-0.05, 0) is 156 Å². The van der Waals surface area contributed by atoms with E-state index in [1.54, 1.807) is 6.42 Å². The summed E-state index contributed by atoms with van der Waals surface area (Å²) in [5.41, 5.74) is 0. The fraction of sp³-hybridized carbons (Fsp3) is 1.00. The third-order valence-corrected chi connectivity index (χ3v) is 21.8. The van der Waals surface area contributed by atoms with Crippen molar-refractivity contribution in [3.63, 3.8) is 0 Å². The molecule has 12 aliphatic rings. The first-order valence-corrected chi connectivity index (χ1v) is 25.6. The van der Waals surface area contributed by atoms with Gasteiger partial charge >= 0.3 is 0 Å². The maximum absolute atomic E-state index is 7.38. The minimum atomic E-state index is 0.499. The number of fused-ring (bicyclic) bond motifs is 13. The molecule has 53 heavy (non-hydrogen) atoms. The van der Waals surface area contributed by atoms with Gasteiger partial charge in [0.25, 0.3) is 0 Å². The van der Waals surface area contributed by atoms with E-state index in [2.05, 4.69) is 16.7 Å². The summed E-state index contributed by atoms with van der Waals surface area (Å²) >= 11 is 2.59. The molecule has 0 radical (unpaired) electrons. The first-order chi connectivity index (χ1) is 26.3. The number of thioether (sulfide) groups is 1. The number of rotatable bonds is 4. The number of hydrogen-bond acceptors (Lipinski definition) is 5. The zero-order valence-corrected chi connectivity index (χ0v) is 34.1. The van der Waals surface area contributed by atoms with Crippen LogP contribution in [-0.2, 0) is 14.2 Å². The van der Waals surface area contributed by atoms with Crippen LogP contribution in [0.25, 0.3) is 0 Å². The predicted molar refractivity (Wildman–Crippen MR) is 214 cm³/mol. The van der Waals surface area contributed by atoms with Crippen LogP contribution in [0.2, 0.25) is 0 Å². The second-order valence-electron chi connectivity index (χ2n) is 21.8. The molecule has 296 valence electrons. The van der Waals surface area contributed by atoms with Gasteiger partial charge in [-0.25, -0.2) is 0 Å². The van der Waals surface area contributed by atoms with Gasteiger partial charge in [-0.2, -0.15) is 11.8 Å². The molecule has 8 aliphatic carbocycles. The number of nitrogens with zero attached hydrogens (tertiary/aromatic N) is 1. The number of ether oxygens (including phenoxy) is 3. The van der Waals surface area contributed by atoms with Gasteiger partial charge in [-0.1, -0.05) is 70.6 Å². The highest BCUT2D eigenvalue weighted by Gasteiger charge is 2.61. The van der Waals surface area contributed by atoms with Crippen molar-refractivity contribution < 1.29 is 14.2 Å². The summed E-state index contributed by atoms with van der Waals surface area (Å²) in [7, 11) is 0. The van der Waals surface area contributed by atoms with E-state index >= 15 is 0 Å². The fourth-order valence-corrected chi connectivity index (χ4v) is 20.5. The first-order valence-electron chi connectivity index (χ1n) is 24.7. The normalized spacial score (nSPS) is 57.3. The van der Waals surface area contributed by atoms with Crippen molar-refractivity contribution in [3.8, 4) is 0 Å². The van der Waals surface area contributed by atoms with Crippen molar-refractivity contribution in [3.05, 3.63) is 0 Å². The van der Waals surface area contributed by atoms with Crippen LogP contribution in [0.5, 0.6) is 0 Å². The molecule has 21 unspecified atom stereocenters. The molecule has 4 aliphatic heterocycles. The molecule has 4 nitrogen and oxygen atoms in total. The molecule has 0 aromatic heterocycles. The van der Waals surface area contributed by atoms with Gasteiger partial charge in [-0.3, -0.25) is 4.90 Å². The summed E-state index contributed by atoms with van der Waals surface area (Å²) in [6, 6.07) is 2.04. The van der Waals surface area contributed by atoms with Crippen molar-refractivity contribution in [2.45, 2.75) is 239 Å². The molecule has 4 heterocycles. The lowest BCUT2D eigenvalue weighted by atomic mass is 9.62. The minimum absolute atomic E-state index is 0.499. The second kappa shape index (κ2) is 14.5. The largest absolute Gasteiger partial charge is 0.374 e. The molecule has 0 N–H and O–H groups in total. The van der Waals surface area contributed by atoms with Crippen molar-refractivity contribution in [2.75, 3.05) is 0 Å². The van der Waals surface area contributed by atoms with Gasteiger partial charge in [0, 0.05) is 34.5 Å². The Morgan fingerprint density at radius 3 is 1.58 bits per heavy atom. The Hall–Kier alpha value is 0.190. The maximum Gasteiger partial charge on any atom is 0.0766 e. The number of hydrogen-bond donors (Lipinski definition) is 0. The van der Waals surface area contributed by atoms with Crippen LogP contribution in [0.3, 0.4) is 0 Å². The Labute approximate surface area is 327 Å². The van der Waals surface area contributed by atoms with Crippen LogP contribution in [0.1, 0.15) is 173 Å². The molecule has 8 saturated carbocycles. The maximum atomic E-state index is 7.38. The van der Waals surface area contributed by atoms with Crippen LogP contribution in [-0.4, -0.2) is 70.1 Å². The Bertz CT molecular complexity index is 1260. The Morgan fingerprint density at radius 1 is 0.358 bits per heavy atom. The van der Waals surface area contributed by atoms with Crippen LogP contribution in [0, 0.1) is 59.2 Å². The highest BCUT2D eigenvalue weighted by molar-refractivity contribution is 8.00. The van der Waals surface area contributed by atoms with Gasteiger partial charge < -0.3 is 14.2 Å². The lowest BCUT2D eigenvalue weighted by Crippen LogP contribution is -2.62. The molecular weight excluding hydrogens is 671 g/mol. The van der Waals surface area contributed by atoms with Gasteiger partial charge in [0.2, 0.25) is 0 Å². The van der Waals surface area contributed by atoms with Crippen LogP contribution >= 0.6 is 11.8 Å². The Morgan fingerprint density at radius 2 is 0.887 bits per heavy atom. The lowest BCUT2D eigenvalue weighted by Gasteiger charge is -2.54. The summed E-state index contributed by atoms with van der Waals surface area (Å²) in [6.45, 7) is 0. The van der Waals surface area contributed by atoms with E-state index in [0.717, 1.165) is 75.7 Å². The van der Waals surface area contributed by atoms with Crippen LogP contribution in [0.15, 0.2) is 0 Å². The Balaban J connectivity index is 0.834. The van der Waals surface area contributed by atoms with Crippen LogP contribution in [0.4, 0.5) is 0 Å².